The number of hydrogen-bond donors (Lipinski definition) is 0. The van der Waals surface area contributed by atoms with E-state index in [2.05, 4.69) is 31.5 Å². The largest absolute Gasteiger partial charge is 0.337 e. The number of likely N-dealkylation sites (tertiary alicyclic amines) is 2. The molecule has 2 fully saturated rings. The summed E-state index contributed by atoms with van der Waals surface area (Å²) < 4.78 is 4.08. The summed E-state index contributed by atoms with van der Waals surface area (Å²) in [5.74, 6) is 0.161. The van der Waals surface area contributed by atoms with Gasteiger partial charge < -0.3 is 4.90 Å². The number of carbonyl (C=O) groups is 1. The van der Waals surface area contributed by atoms with Crippen LogP contribution in [0.3, 0.4) is 0 Å². The van der Waals surface area contributed by atoms with Gasteiger partial charge in [-0.05, 0) is 56.8 Å². The molecule has 2 aliphatic rings. The van der Waals surface area contributed by atoms with E-state index < -0.39 is 0 Å². The Hall–Kier alpha value is -1.31. The molecular formula is C18H24N4OS2. The summed E-state index contributed by atoms with van der Waals surface area (Å²) in [6, 6.07) is 1.84. The molecule has 0 aliphatic carbocycles. The van der Waals surface area contributed by atoms with Crippen molar-refractivity contribution in [3.63, 3.8) is 0 Å². The molecule has 0 saturated carbocycles. The number of rotatable bonds is 3. The number of nitrogens with zero attached hydrogens (tertiary/aromatic N) is 4. The van der Waals surface area contributed by atoms with Gasteiger partial charge in [0.05, 0.1) is 10.7 Å². The minimum Gasteiger partial charge on any atom is -0.337 e. The van der Waals surface area contributed by atoms with E-state index in [-0.39, 0.29) is 11.3 Å². The maximum atomic E-state index is 12.7. The van der Waals surface area contributed by atoms with Crippen molar-refractivity contribution >= 4 is 28.8 Å². The molecule has 0 bridgehead atoms. The molecule has 5 nitrogen and oxygen atoms in total. The molecule has 1 unspecified atom stereocenters. The fourth-order valence-electron chi connectivity index (χ4n) is 4.35. The van der Waals surface area contributed by atoms with Crippen LogP contribution in [0.15, 0.2) is 17.6 Å². The Kier molecular flexibility index (Phi) is 4.88. The van der Waals surface area contributed by atoms with Crippen LogP contribution in [0.5, 0.6) is 0 Å². The van der Waals surface area contributed by atoms with E-state index in [9.17, 15) is 4.79 Å². The number of aryl methyl sites for hydroxylation is 1. The first-order valence-electron chi connectivity index (χ1n) is 8.97. The fourth-order valence-corrected chi connectivity index (χ4v) is 5.52. The van der Waals surface area contributed by atoms with Gasteiger partial charge in [0.25, 0.3) is 5.91 Å². The van der Waals surface area contributed by atoms with Crippen LogP contribution in [-0.4, -0.2) is 51.2 Å². The van der Waals surface area contributed by atoms with Crippen molar-refractivity contribution < 1.29 is 4.79 Å². The molecule has 4 heterocycles. The number of thiazole rings is 1. The lowest BCUT2D eigenvalue weighted by Gasteiger charge is -2.48. The van der Waals surface area contributed by atoms with E-state index in [0.717, 1.165) is 49.0 Å². The topological polar surface area (TPSA) is 49.3 Å². The van der Waals surface area contributed by atoms with Crippen molar-refractivity contribution in [2.45, 2.75) is 39.2 Å². The lowest BCUT2D eigenvalue weighted by atomic mass is 9.73. The molecule has 2 aromatic heterocycles. The Morgan fingerprint density at radius 3 is 2.84 bits per heavy atom. The van der Waals surface area contributed by atoms with Crippen LogP contribution in [0.2, 0.25) is 0 Å². The third-order valence-corrected chi connectivity index (χ3v) is 6.95. The van der Waals surface area contributed by atoms with Gasteiger partial charge in [-0.2, -0.15) is 0 Å². The average molecular weight is 377 g/mol. The molecule has 7 heteroatoms. The highest BCUT2D eigenvalue weighted by atomic mass is 32.1. The molecular weight excluding hydrogens is 352 g/mol. The second kappa shape index (κ2) is 7.13. The standard InChI is InChI=1S/C18H24N4OS2/c1-14-20-15(11-24-14)10-21-8-2-5-18(12-21)6-3-9-22(13-18)17(23)16-4-7-19-25-16/h4,7,11H,2-3,5-6,8-10,12-13H2,1H3. The smallest absolute Gasteiger partial charge is 0.265 e. The van der Waals surface area contributed by atoms with Crippen LogP contribution in [-0.2, 0) is 6.54 Å². The molecule has 1 atom stereocenters. The van der Waals surface area contributed by atoms with Gasteiger partial charge in [-0.3, -0.25) is 9.69 Å². The highest BCUT2D eigenvalue weighted by Gasteiger charge is 2.40. The molecule has 2 aromatic rings. The summed E-state index contributed by atoms with van der Waals surface area (Å²) in [6.07, 6.45) is 6.49. The maximum Gasteiger partial charge on any atom is 0.265 e. The Balaban J connectivity index is 1.44. The summed E-state index contributed by atoms with van der Waals surface area (Å²) in [7, 11) is 0. The minimum atomic E-state index is 0.161. The van der Waals surface area contributed by atoms with E-state index >= 15 is 0 Å². The van der Waals surface area contributed by atoms with Crippen molar-refractivity contribution in [2.24, 2.45) is 5.41 Å². The van der Waals surface area contributed by atoms with Gasteiger partial charge in [-0.1, -0.05) is 0 Å². The van der Waals surface area contributed by atoms with Gasteiger partial charge in [0.1, 0.15) is 4.88 Å². The van der Waals surface area contributed by atoms with Crippen molar-refractivity contribution in [1.29, 1.82) is 0 Å². The van der Waals surface area contributed by atoms with Gasteiger partial charge in [0.15, 0.2) is 0 Å². The van der Waals surface area contributed by atoms with Crippen molar-refractivity contribution in [3.05, 3.63) is 33.2 Å². The first-order valence-corrected chi connectivity index (χ1v) is 10.6. The normalized spacial score (nSPS) is 24.8. The molecule has 134 valence electrons. The van der Waals surface area contributed by atoms with Crippen LogP contribution in [0, 0.1) is 12.3 Å². The first kappa shape index (κ1) is 17.1. The molecule has 1 spiro atoms. The predicted octanol–water partition coefficient (Wildman–Crippen LogP) is 3.43. The first-order chi connectivity index (χ1) is 12.1. The zero-order valence-electron chi connectivity index (χ0n) is 14.6. The average Bonchev–Trinajstić information content (AvgIpc) is 3.26. The van der Waals surface area contributed by atoms with Crippen molar-refractivity contribution in [2.75, 3.05) is 26.2 Å². The van der Waals surface area contributed by atoms with Crippen molar-refractivity contribution in [3.8, 4) is 0 Å². The van der Waals surface area contributed by atoms with E-state index in [1.54, 1.807) is 17.5 Å². The summed E-state index contributed by atoms with van der Waals surface area (Å²) in [5.41, 5.74) is 1.44. The number of aromatic nitrogens is 2. The third-order valence-electron chi connectivity index (χ3n) is 5.39. The number of amides is 1. The summed E-state index contributed by atoms with van der Waals surface area (Å²) >= 11 is 3.03. The number of piperidine rings is 2. The summed E-state index contributed by atoms with van der Waals surface area (Å²) in [6.45, 7) is 6.99. The van der Waals surface area contributed by atoms with Crippen LogP contribution >= 0.6 is 22.9 Å². The Bertz CT molecular complexity index is 725. The second-order valence-corrected chi connectivity index (χ2v) is 9.27. The van der Waals surface area contributed by atoms with E-state index in [1.807, 2.05) is 6.07 Å². The van der Waals surface area contributed by atoms with Crippen molar-refractivity contribution in [1.82, 2.24) is 19.2 Å². The highest BCUT2D eigenvalue weighted by Crippen LogP contribution is 2.39. The quantitative estimate of drug-likeness (QED) is 0.823. The minimum absolute atomic E-state index is 0.161. The monoisotopic (exact) mass is 376 g/mol. The van der Waals surface area contributed by atoms with E-state index in [4.69, 9.17) is 0 Å². The van der Waals surface area contributed by atoms with Gasteiger partial charge in [-0.15, -0.1) is 11.3 Å². The molecule has 2 aliphatic heterocycles. The van der Waals surface area contributed by atoms with E-state index in [0.29, 0.717) is 0 Å². The van der Waals surface area contributed by atoms with E-state index in [1.165, 1.54) is 36.5 Å². The molecule has 25 heavy (non-hydrogen) atoms. The third kappa shape index (κ3) is 3.78. The molecule has 1 amide bonds. The van der Waals surface area contributed by atoms with Gasteiger partial charge >= 0.3 is 0 Å². The Morgan fingerprint density at radius 1 is 1.28 bits per heavy atom. The molecule has 4 rings (SSSR count). The Labute approximate surface area is 156 Å². The molecule has 0 aromatic carbocycles. The summed E-state index contributed by atoms with van der Waals surface area (Å²) in [4.78, 5) is 22.7. The SMILES string of the molecule is Cc1nc(CN2CCCC3(CCCN(C(=O)c4ccns4)C3)C2)cs1. The van der Waals surface area contributed by atoms with Crippen LogP contribution < -0.4 is 0 Å². The number of carbonyl (C=O) groups excluding carboxylic acids is 1. The zero-order chi connectivity index (χ0) is 17.3. The molecule has 2 saturated heterocycles. The molecule has 0 N–H and O–H groups in total. The lowest BCUT2D eigenvalue weighted by molar-refractivity contribution is 0.0113. The highest BCUT2D eigenvalue weighted by molar-refractivity contribution is 7.09. The fraction of sp³-hybridized carbons (Fsp3) is 0.611. The maximum absolute atomic E-state index is 12.7. The zero-order valence-corrected chi connectivity index (χ0v) is 16.2. The van der Waals surface area contributed by atoms with Gasteiger partial charge in [0.2, 0.25) is 0 Å². The van der Waals surface area contributed by atoms with Gasteiger partial charge in [-0.25, -0.2) is 9.36 Å². The predicted molar refractivity (Wildman–Crippen MR) is 101 cm³/mol. The second-order valence-electron chi connectivity index (χ2n) is 7.38. The number of hydrogen-bond acceptors (Lipinski definition) is 6. The molecule has 0 radical (unpaired) electrons. The van der Waals surface area contributed by atoms with Crippen LogP contribution in [0.25, 0.3) is 0 Å². The lowest BCUT2D eigenvalue weighted by Crippen LogP contribution is -2.53. The van der Waals surface area contributed by atoms with Gasteiger partial charge in [0, 0.05) is 43.2 Å². The van der Waals surface area contributed by atoms with Crippen LogP contribution in [0.1, 0.15) is 46.1 Å². The van der Waals surface area contributed by atoms with Crippen LogP contribution in [0.4, 0.5) is 0 Å². The Morgan fingerprint density at radius 2 is 2.12 bits per heavy atom. The summed E-state index contributed by atoms with van der Waals surface area (Å²) in [5, 5.41) is 3.32.